The maximum absolute atomic E-state index is 13.3. The molecule has 0 saturated carbocycles. The normalized spacial score (nSPS) is 20.5. The number of rotatable bonds is 7. The number of piperidine rings is 1. The van der Waals surface area contributed by atoms with E-state index >= 15 is 0 Å². The lowest BCUT2D eigenvalue weighted by Gasteiger charge is -2.29. The van der Waals surface area contributed by atoms with Crippen molar-refractivity contribution in [2.45, 2.75) is 56.9 Å². The molecule has 0 bridgehead atoms. The molecule has 2 aliphatic rings. The molecule has 5 N–H and O–H groups in total. The Kier molecular flexibility index (Phi) is 6.99. The number of carbonyl (C=O) groups excluding carboxylic acids is 4. The molecule has 2 aromatic rings. The molecule has 0 radical (unpaired) electrons. The third-order valence-electron chi connectivity index (χ3n) is 6.06. The Morgan fingerprint density at radius 1 is 1.41 bits per heavy atom. The first-order chi connectivity index (χ1) is 16.2. The van der Waals surface area contributed by atoms with Gasteiger partial charge < -0.3 is 26.0 Å². The van der Waals surface area contributed by atoms with Crippen LogP contribution in [0.1, 0.15) is 60.3 Å². The van der Waals surface area contributed by atoms with Crippen LogP contribution < -0.4 is 21.0 Å². The first-order valence-corrected chi connectivity index (χ1v) is 11.9. The molecule has 1 aromatic heterocycles. The Morgan fingerprint density at radius 3 is 2.88 bits per heavy atom. The molecular weight excluding hydrogens is 459 g/mol. The summed E-state index contributed by atoms with van der Waals surface area (Å²) in [6.45, 7) is 1.42. The number of benzene rings is 1. The zero-order valence-corrected chi connectivity index (χ0v) is 19.4. The minimum absolute atomic E-state index is 0.107. The van der Waals surface area contributed by atoms with E-state index in [-0.39, 0.29) is 29.0 Å². The van der Waals surface area contributed by atoms with Gasteiger partial charge in [-0.2, -0.15) is 0 Å². The standard InChI is InChI=1S/C22H25BN4O6S/c1-11(28)14-5-2-4-12-8-13(23(32)33-20(12)14)9-17(29)19(16-10-34-22(24)26-16)27-21(31)15-6-3-7-18(30)25-15/h2,4-5,10,13,15,19,32H,3,6-9H2,1H3,(H2,24,26)(H,25,30)(H,27,31)/t13-,15?,19?/m1/s1. The Hall–Kier alpha value is -3.25. The number of carbonyl (C=O) groups is 4. The van der Waals surface area contributed by atoms with Crippen LogP contribution in [0.25, 0.3) is 0 Å². The molecule has 178 valence electrons. The summed E-state index contributed by atoms with van der Waals surface area (Å²) in [6, 6.07) is 3.33. The topological polar surface area (TPSA) is 161 Å². The van der Waals surface area contributed by atoms with Crippen LogP contribution in [0.15, 0.2) is 23.6 Å². The van der Waals surface area contributed by atoms with Crippen LogP contribution in [0.5, 0.6) is 5.75 Å². The average molecular weight is 484 g/mol. The highest BCUT2D eigenvalue weighted by Gasteiger charge is 2.40. The second-order valence-corrected chi connectivity index (χ2v) is 9.45. The first kappa shape index (κ1) is 23.9. The number of hydrogen-bond donors (Lipinski definition) is 4. The van der Waals surface area contributed by atoms with E-state index in [4.69, 9.17) is 10.4 Å². The molecule has 4 rings (SSSR count). The van der Waals surface area contributed by atoms with E-state index in [1.54, 1.807) is 23.6 Å². The van der Waals surface area contributed by atoms with Crippen molar-refractivity contribution in [1.29, 1.82) is 0 Å². The summed E-state index contributed by atoms with van der Waals surface area (Å²) >= 11 is 1.14. The number of nitrogen functional groups attached to an aromatic ring is 1. The second-order valence-electron chi connectivity index (χ2n) is 8.56. The lowest BCUT2D eigenvalue weighted by molar-refractivity contribution is -0.133. The Labute approximate surface area is 200 Å². The summed E-state index contributed by atoms with van der Waals surface area (Å²) in [5.74, 6) is -1.51. The van der Waals surface area contributed by atoms with Gasteiger partial charge in [0.15, 0.2) is 16.7 Å². The number of nitrogens with one attached hydrogen (secondary N) is 2. The van der Waals surface area contributed by atoms with Gasteiger partial charge in [0.2, 0.25) is 11.8 Å². The molecule has 2 amide bonds. The van der Waals surface area contributed by atoms with E-state index in [2.05, 4.69) is 15.6 Å². The van der Waals surface area contributed by atoms with Gasteiger partial charge >= 0.3 is 7.12 Å². The van der Waals surface area contributed by atoms with Crippen LogP contribution >= 0.6 is 11.3 Å². The smallest absolute Gasteiger partial charge is 0.526 e. The third-order valence-corrected chi connectivity index (χ3v) is 6.75. The fraction of sp³-hybridized carbons (Fsp3) is 0.409. The van der Waals surface area contributed by atoms with Gasteiger partial charge in [-0.05, 0) is 37.8 Å². The molecule has 10 nitrogen and oxygen atoms in total. The molecule has 3 atom stereocenters. The minimum atomic E-state index is -1.30. The Morgan fingerprint density at radius 2 is 2.21 bits per heavy atom. The number of Topliss-reactive ketones (excluding diaryl/α,β-unsaturated/α-hetero) is 2. The monoisotopic (exact) mass is 484 g/mol. The lowest BCUT2D eigenvalue weighted by Crippen LogP contribution is -2.51. The second kappa shape index (κ2) is 9.94. The number of ketones is 2. The maximum Gasteiger partial charge on any atom is 0.526 e. The Balaban J connectivity index is 1.51. The van der Waals surface area contributed by atoms with Crippen LogP contribution in [0.2, 0.25) is 5.82 Å². The summed E-state index contributed by atoms with van der Waals surface area (Å²) < 4.78 is 5.63. The average Bonchev–Trinajstić information content (AvgIpc) is 3.23. The van der Waals surface area contributed by atoms with Crippen molar-refractivity contribution in [2.75, 3.05) is 5.73 Å². The summed E-state index contributed by atoms with van der Waals surface area (Å²) in [6.07, 6.45) is 1.63. The van der Waals surface area contributed by atoms with E-state index in [0.29, 0.717) is 42.7 Å². The molecule has 1 fully saturated rings. The van der Waals surface area contributed by atoms with E-state index in [1.807, 2.05) is 0 Å². The predicted octanol–water partition coefficient (Wildman–Crippen LogP) is 1.20. The molecule has 1 aromatic carbocycles. The zero-order chi connectivity index (χ0) is 24.4. The number of fused-ring (bicyclic) bond motifs is 1. The summed E-state index contributed by atoms with van der Waals surface area (Å²) in [4.78, 5) is 53.9. The largest absolute Gasteiger partial charge is 0.535 e. The van der Waals surface area contributed by atoms with Gasteiger partial charge in [-0.15, -0.1) is 11.3 Å². The van der Waals surface area contributed by atoms with Crippen molar-refractivity contribution >= 4 is 47.0 Å². The number of nitrogens with zero attached hydrogens (tertiary/aromatic N) is 1. The molecule has 2 unspecified atom stereocenters. The molecular formula is C22H25BN4O6S. The van der Waals surface area contributed by atoms with Crippen LogP contribution in [-0.2, 0) is 20.8 Å². The fourth-order valence-electron chi connectivity index (χ4n) is 4.31. The highest BCUT2D eigenvalue weighted by atomic mass is 32.1. The highest BCUT2D eigenvalue weighted by Crippen LogP contribution is 2.37. The van der Waals surface area contributed by atoms with Crippen molar-refractivity contribution in [3.63, 3.8) is 0 Å². The lowest BCUT2D eigenvalue weighted by atomic mass is 9.64. The maximum atomic E-state index is 13.3. The van der Waals surface area contributed by atoms with Gasteiger partial charge in [-0.3, -0.25) is 19.2 Å². The quantitative estimate of drug-likeness (QED) is 0.337. The summed E-state index contributed by atoms with van der Waals surface area (Å²) in [5, 5.41) is 17.8. The molecule has 1 saturated heterocycles. The van der Waals surface area contributed by atoms with Crippen molar-refractivity contribution in [3.05, 3.63) is 40.4 Å². The first-order valence-electron chi connectivity index (χ1n) is 11.0. The van der Waals surface area contributed by atoms with Crippen molar-refractivity contribution < 1.29 is 28.9 Å². The molecule has 34 heavy (non-hydrogen) atoms. The number of hydrogen-bond acceptors (Lipinski definition) is 9. The van der Waals surface area contributed by atoms with Crippen LogP contribution in [0.3, 0.4) is 0 Å². The van der Waals surface area contributed by atoms with Crippen molar-refractivity contribution in [3.8, 4) is 5.75 Å². The molecule has 3 heterocycles. The SMILES string of the molecule is CC(=O)c1cccc2c1OB(O)[C@@H](CC(=O)C(NC(=O)C1CCCC(=O)N1)c1csc(N)n1)C2. The molecule has 12 heteroatoms. The van der Waals surface area contributed by atoms with Crippen molar-refractivity contribution in [2.24, 2.45) is 0 Å². The number of thiazole rings is 1. The zero-order valence-electron chi connectivity index (χ0n) is 18.6. The van der Waals surface area contributed by atoms with E-state index in [0.717, 1.165) is 16.9 Å². The van der Waals surface area contributed by atoms with Gasteiger partial charge in [0.05, 0.1) is 11.3 Å². The van der Waals surface area contributed by atoms with E-state index < -0.39 is 30.9 Å². The number of para-hydroxylation sites is 1. The van der Waals surface area contributed by atoms with E-state index in [9.17, 15) is 24.2 Å². The van der Waals surface area contributed by atoms with E-state index in [1.165, 1.54) is 6.92 Å². The summed E-state index contributed by atoms with van der Waals surface area (Å²) in [5.41, 5.74) is 7.14. The van der Waals surface area contributed by atoms with Crippen LogP contribution in [0, 0.1) is 0 Å². The van der Waals surface area contributed by atoms with Gasteiger partial charge in [0.1, 0.15) is 17.8 Å². The molecule has 0 spiro atoms. The van der Waals surface area contributed by atoms with Gasteiger partial charge in [-0.25, -0.2) is 4.98 Å². The van der Waals surface area contributed by atoms with Gasteiger partial charge in [0.25, 0.3) is 0 Å². The number of amides is 2. The fourth-order valence-corrected chi connectivity index (χ4v) is 4.90. The van der Waals surface area contributed by atoms with Crippen LogP contribution in [0.4, 0.5) is 5.13 Å². The highest BCUT2D eigenvalue weighted by molar-refractivity contribution is 7.13. The summed E-state index contributed by atoms with van der Waals surface area (Å²) in [7, 11) is -1.30. The van der Waals surface area contributed by atoms with Crippen molar-refractivity contribution in [1.82, 2.24) is 15.6 Å². The van der Waals surface area contributed by atoms with Crippen LogP contribution in [-0.4, -0.2) is 46.5 Å². The Bertz CT molecular complexity index is 1140. The van der Waals surface area contributed by atoms with Gasteiger partial charge in [0, 0.05) is 24.0 Å². The number of nitrogens with two attached hydrogens (primary N) is 1. The minimum Gasteiger partial charge on any atom is -0.535 e. The molecule has 0 aliphatic carbocycles. The third kappa shape index (κ3) is 5.12. The number of aromatic nitrogens is 1. The number of anilines is 1. The van der Waals surface area contributed by atoms with Gasteiger partial charge in [-0.1, -0.05) is 12.1 Å². The molecule has 2 aliphatic heterocycles. The predicted molar refractivity (Wildman–Crippen MR) is 125 cm³/mol.